The molecule has 2 aromatic rings. The number of anilines is 1. The number of esters is 2. The molecule has 192 valence electrons. The minimum Gasteiger partial charge on any atom is -0.465 e. The highest BCUT2D eigenvalue weighted by Crippen LogP contribution is 2.56. The Balaban J connectivity index is 1.92. The predicted octanol–water partition coefficient (Wildman–Crippen LogP) is 6.82. The molecule has 0 fully saturated rings. The van der Waals surface area contributed by atoms with Gasteiger partial charge in [0.05, 0.1) is 45.1 Å². The molecular weight excluding hydrogens is 573 g/mol. The summed E-state index contributed by atoms with van der Waals surface area (Å²) in [4.78, 5) is 41.2. The van der Waals surface area contributed by atoms with Crippen LogP contribution in [0.1, 0.15) is 35.3 Å². The number of carbonyl (C=O) groups excluding carboxylic acids is 3. The molecule has 0 aromatic heterocycles. The van der Waals surface area contributed by atoms with Crippen LogP contribution in [0, 0.1) is 6.92 Å². The Hall–Kier alpha value is -2.30. The second-order valence-electron chi connectivity index (χ2n) is 8.68. The fourth-order valence-electron chi connectivity index (χ4n) is 4.07. The monoisotopic (exact) mass is 593 g/mol. The summed E-state index contributed by atoms with van der Waals surface area (Å²) in [6.07, 6.45) is 0. The summed E-state index contributed by atoms with van der Waals surface area (Å²) >= 11 is 20.7. The Kier molecular flexibility index (Phi) is 7.84. The number of ether oxygens (including phenoxy) is 2. The highest BCUT2D eigenvalue weighted by molar-refractivity contribution is 8.29. The van der Waals surface area contributed by atoms with E-state index in [0.717, 1.165) is 29.1 Å². The number of nitrogens with zero attached hydrogens (tertiary/aromatic N) is 1. The second-order valence-corrected chi connectivity index (χ2v) is 12.2. The molecule has 37 heavy (non-hydrogen) atoms. The van der Waals surface area contributed by atoms with Crippen molar-refractivity contribution >= 4 is 92.9 Å². The van der Waals surface area contributed by atoms with Crippen molar-refractivity contribution in [1.82, 2.24) is 0 Å². The molecule has 0 N–H and O–H groups in total. The Bertz CT molecular complexity index is 1420. The lowest BCUT2D eigenvalue weighted by Gasteiger charge is -2.45. The number of amides is 1. The summed E-state index contributed by atoms with van der Waals surface area (Å²) in [5.41, 5.74) is 2.23. The molecule has 0 radical (unpaired) electrons. The normalized spacial score (nSPS) is 16.6. The maximum absolute atomic E-state index is 13.9. The van der Waals surface area contributed by atoms with Gasteiger partial charge >= 0.3 is 11.9 Å². The van der Waals surface area contributed by atoms with E-state index in [0.29, 0.717) is 30.9 Å². The van der Waals surface area contributed by atoms with Crippen LogP contribution in [-0.4, -0.2) is 42.5 Å². The number of aryl methyl sites for hydroxylation is 1. The minimum atomic E-state index is -0.973. The van der Waals surface area contributed by atoms with Gasteiger partial charge in [-0.05, 0) is 50.6 Å². The zero-order valence-electron chi connectivity index (χ0n) is 20.4. The number of thiocarbonyl (C=S) groups is 1. The first-order valence-corrected chi connectivity index (χ1v) is 13.7. The largest absolute Gasteiger partial charge is 0.465 e. The highest BCUT2D eigenvalue weighted by Gasteiger charge is 2.46. The molecule has 0 saturated carbocycles. The van der Waals surface area contributed by atoms with Crippen LogP contribution in [0.25, 0.3) is 5.57 Å². The van der Waals surface area contributed by atoms with Crippen LogP contribution in [0.5, 0.6) is 0 Å². The van der Waals surface area contributed by atoms with E-state index < -0.39 is 17.5 Å². The number of hydrogen-bond donors (Lipinski definition) is 0. The van der Waals surface area contributed by atoms with Gasteiger partial charge in [0.1, 0.15) is 9.81 Å². The molecule has 0 saturated heterocycles. The Morgan fingerprint density at radius 3 is 2.08 bits per heavy atom. The zero-order valence-corrected chi connectivity index (χ0v) is 24.4. The molecule has 2 heterocycles. The molecular formula is C26H21Cl2NO5S3. The van der Waals surface area contributed by atoms with Gasteiger partial charge in [0.2, 0.25) is 0 Å². The van der Waals surface area contributed by atoms with E-state index in [1.165, 1.54) is 20.3 Å². The van der Waals surface area contributed by atoms with E-state index in [2.05, 4.69) is 0 Å². The predicted molar refractivity (Wildman–Crippen MR) is 154 cm³/mol. The minimum absolute atomic E-state index is 0.127. The average molecular weight is 595 g/mol. The number of methoxy groups -OCH3 is 2. The number of fused-ring (bicyclic) bond motifs is 1. The maximum Gasteiger partial charge on any atom is 0.346 e. The van der Waals surface area contributed by atoms with Crippen molar-refractivity contribution in [3.8, 4) is 0 Å². The molecule has 4 rings (SSSR count). The quantitative estimate of drug-likeness (QED) is 0.218. The lowest BCUT2D eigenvalue weighted by atomic mass is 9.82. The fraction of sp³-hybridized carbons (Fsp3) is 0.231. The Morgan fingerprint density at radius 1 is 0.946 bits per heavy atom. The molecule has 2 aromatic carbocycles. The third kappa shape index (κ3) is 4.83. The number of rotatable bonds is 3. The zero-order chi connectivity index (χ0) is 27.2. The van der Waals surface area contributed by atoms with E-state index in [-0.39, 0.29) is 26.3 Å². The standard InChI is InChI=1S/C26H21Cl2NO5S3/c1-12-6-8-15-17(10-12)29(22(30)14-9-7-13(27)11-16(14)28)26(2,3)21(35)18(15)25-36-19(23(31)33-4)20(37-25)24(32)34-5/h6-11H,1-5H3. The van der Waals surface area contributed by atoms with Crippen LogP contribution in [-0.2, 0) is 19.1 Å². The molecule has 0 bridgehead atoms. The van der Waals surface area contributed by atoms with E-state index in [1.54, 1.807) is 17.0 Å². The first kappa shape index (κ1) is 27.7. The van der Waals surface area contributed by atoms with Crippen molar-refractivity contribution in [3.63, 3.8) is 0 Å². The van der Waals surface area contributed by atoms with Crippen LogP contribution in [0.4, 0.5) is 5.69 Å². The van der Waals surface area contributed by atoms with Gasteiger partial charge in [0.15, 0.2) is 0 Å². The summed E-state index contributed by atoms with van der Waals surface area (Å²) in [6.45, 7) is 5.63. The number of benzene rings is 2. The van der Waals surface area contributed by atoms with Crippen molar-refractivity contribution < 1.29 is 23.9 Å². The first-order chi connectivity index (χ1) is 17.4. The van der Waals surface area contributed by atoms with Gasteiger partial charge in [-0.15, -0.1) is 0 Å². The topological polar surface area (TPSA) is 72.9 Å². The molecule has 0 spiro atoms. The fourth-order valence-corrected chi connectivity index (χ4v) is 7.60. The van der Waals surface area contributed by atoms with Crippen LogP contribution in [0.3, 0.4) is 0 Å². The van der Waals surface area contributed by atoms with Gasteiger partial charge in [-0.1, -0.05) is 71.1 Å². The van der Waals surface area contributed by atoms with Crippen molar-refractivity contribution in [2.45, 2.75) is 26.3 Å². The van der Waals surface area contributed by atoms with Crippen LogP contribution >= 0.6 is 58.9 Å². The van der Waals surface area contributed by atoms with Crippen molar-refractivity contribution in [2.24, 2.45) is 0 Å². The van der Waals surface area contributed by atoms with Gasteiger partial charge in [-0.25, -0.2) is 9.59 Å². The lowest BCUT2D eigenvalue weighted by molar-refractivity contribution is -0.138. The molecule has 0 atom stereocenters. The van der Waals surface area contributed by atoms with Crippen molar-refractivity contribution in [3.05, 3.63) is 77.2 Å². The smallest absolute Gasteiger partial charge is 0.346 e. The van der Waals surface area contributed by atoms with Gasteiger partial charge in [0.25, 0.3) is 5.91 Å². The molecule has 0 unspecified atom stereocenters. The summed E-state index contributed by atoms with van der Waals surface area (Å²) < 4.78 is 10.4. The number of halogens is 2. The van der Waals surface area contributed by atoms with Gasteiger partial charge in [0, 0.05) is 16.2 Å². The van der Waals surface area contributed by atoms with Gasteiger partial charge in [-0.2, -0.15) is 0 Å². The van der Waals surface area contributed by atoms with E-state index >= 15 is 0 Å². The molecule has 2 aliphatic heterocycles. The third-order valence-corrected chi connectivity index (χ3v) is 9.72. The third-order valence-electron chi connectivity index (χ3n) is 5.91. The SMILES string of the molecule is COC(=O)C1=C(C(=O)OC)SC(=C2C(=S)C(C)(C)N(C(=O)c3ccc(Cl)cc3Cl)c3cc(C)ccc32)S1. The number of thioether (sulfide) groups is 2. The van der Waals surface area contributed by atoms with Crippen LogP contribution < -0.4 is 4.90 Å². The van der Waals surface area contributed by atoms with Crippen LogP contribution in [0.15, 0.2) is 50.4 Å². The number of hydrogen-bond acceptors (Lipinski definition) is 8. The summed E-state index contributed by atoms with van der Waals surface area (Å²) in [6, 6.07) is 10.4. The first-order valence-electron chi connectivity index (χ1n) is 10.9. The maximum atomic E-state index is 13.9. The van der Waals surface area contributed by atoms with Crippen molar-refractivity contribution in [2.75, 3.05) is 19.1 Å². The van der Waals surface area contributed by atoms with Crippen molar-refractivity contribution in [1.29, 1.82) is 0 Å². The molecule has 1 amide bonds. The van der Waals surface area contributed by atoms with E-state index in [1.807, 2.05) is 39.0 Å². The molecule has 6 nitrogen and oxygen atoms in total. The molecule has 2 aliphatic rings. The lowest BCUT2D eigenvalue weighted by Crippen LogP contribution is -2.56. The van der Waals surface area contributed by atoms with E-state index in [4.69, 9.17) is 44.9 Å². The molecule has 0 aliphatic carbocycles. The Labute approximate surface area is 238 Å². The molecule has 11 heteroatoms. The summed E-state index contributed by atoms with van der Waals surface area (Å²) in [5.74, 6) is -1.62. The number of carbonyl (C=O) groups is 3. The van der Waals surface area contributed by atoms with Gasteiger partial charge in [-0.3, -0.25) is 9.69 Å². The average Bonchev–Trinajstić information content (AvgIpc) is 3.28. The Morgan fingerprint density at radius 2 is 1.54 bits per heavy atom. The summed E-state index contributed by atoms with van der Waals surface area (Å²) in [5, 5.41) is 0.651. The van der Waals surface area contributed by atoms with Gasteiger partial charge < -0.3 is 9.47 Å². The van der Waals surface area contributed by atoms with E-state index in [9.17, 15) is 14.4 Å². The second kappa shape index (κ2) is 10.5. The highest BCUT2D eigenvalue weighted by atomic mass is 35.5. The van der Waals surface area contributed by atoms with Crippen LogP contribution in [0.2, 0.25) is 10.0 Å². The summed E-state index contributed by atoms with van der Waals surface area (Å²) in [7, 11) is 2.50.